The van der Waals surface area contributed by atoms with Crippen LogP contribution < -0.4 is 11.1 Å². The summed E-state index contributed by atoms with van der Waals surface area (Å²) in [5.74, 6) is -0.540. The molecule has 0 aliphatic carbocycles. The number of nitrogens with one attached hydrogen (secondary N) is 1. The molecule has 0 atom stereocenters. The number of nitrogen functional groups attached to an aromatic ring is 1. The summed E-state index contributed by atoms with van der Waals surface area (Å²) >= 11 is 0. The van der Waals surface area contributed by atoms with Gasteiger partial charge in [-0.2, -0.15) is 0 Å². The van der Waals surface area contributed by atoms with Gasteiger partial charge in [0.15, 0.2) is 0 Å². The van der Waals surface area contributed by atoms with Gasteiger partial charge in [0.2, 0.25) is 0 Å². The Kier molecular flexibility index (Phi) is 5.93. The Morgan fingerprint density at radius 2 is 2.33 bits per heavy atom. The molecular weight excluding hydrogens is 234 g/mol. The van der Waals surface area contributed by atoms with Crippen molar-refractivity contribution in [3.63, 3.8) is 0 Å². The molecule has 1 heterocycles. The molecule has 0 fully saturated rings. The van der Waals surface area contributed by atoms with Crippen LogP contribution in [0.2, 0.25) is 0 Å². The van der Waals surface area contributed by atoms with Crippen LogP contribution in [0, 0.1) is 0 Å². The second kappa shape index (κ2) is 7.50. The van der Waals surface area contributed by atoms with Crippen molar-refractivity contribution in [2.45, 2.75) is 19.8 Å². The zero-order valence-electron chi connectivity index (χ0n) is 10.5. The lowest BCUT2D eigenvalue weighted by atomic mass is 10.2. The van der Waals surface area contributed by atoms with Crippen molar-refractivity contribution in [3.05, 3.63) is 17.8 Å². The number of hydrogen-bond donors (Lipinski definition) is 3. The van der Waals surface area contributed by atoms with Gasteiger partial charge < -0.3 is 20.9 Å². The first kappa shape index (κ1) is 14.2. The fourth-order valence-electron chi connectivity index (χ4n) is 1.38. The fourth-order valence-corrected chi connectivity index (χ4v) is 1.38. The molecule has 0 aliphatic heterocycles. The quantitative estimate of drug-likeness (QED) is 0.609. The summed E-state index contributed by atoms with van der Waals surface area (Å²) in [4.78, 5) is 14.9. The van der Waals surface area contributed by atoms with Crippen LogP contribution in [0.15, 0.2) is 12.3 Å². The second-order valence-electron chi connectivity index (χ2n) is 3.85. The van der Waals surface area contributed by atoms with Gasteiger partial charge in [-0.1, -0.05) is 6.92 Å². The summed E-state index contributed by atoms with van der Waals surface area (Å²) in [5.41, 5.74) is 5.74. The zero-order valence-corrected chi connectivity index (χ0v) is 10.5. The Labute approximate surface area is 106 Å². The van der Waals surface area contributed by atoms with Crippen molar-refractivity contribution in [1.82, 2.24) is 4.98 Å². The standard InChI is InChI=1S/C12H19N3O3/c1-2-5-18-6-3-4-14-11-7-9(12(16)17)10(13)8-15-11/h7-8H,2-6,13H2,1H3,(H,14,15)(H,16,17). The number of anilines is 2. The minimum absolute atomic E-state index is 0.0646. The number of nitrogens with zero attached hydrogens (tertiary/aromatic N) is 1. The summed E-state index contributed by atoms with van der Waals surface area (Å²) in [7, 11) is 0. The summed E-state index contributed by atoms with van der Waals surface area (Å²) in [6, 6.07) is 1.44. The average Bonchev–Trinajstić information content (AvgIpc) is 2.35. The van der Waals surface area contributed by atoms with E-state index < -0.39 is 5.97 Å². The molecule has 1 aromatic heterocycles. The van der Waals surface area contributed by atoms with E-state index in [0.29, 0.717) is 19.0 Å². The van der Waals surface area contributed by atoms with Crippen LogP contribution in [0.3, 0.4) is 0 Å². The number of carboxylic acids is 1. The van der Waals surface area contributed by atoms with Gasteiger partial charge in [-0.3, -0.25) is 0 Å². The van der Waals surface area contributed by atoms with Gasteiger partial charge in [-0.25, -0.2) is 9.78 Å². The van der Waals surface area contributed by atoms with Gasteiger partial charge in [-0.15, -0.1) is 0 Å². The van der Waals surface area contributed by atoms with E-state index >= 15 is 0 Å². The molecule has 0 amide bonds. The molecule has 18 heavy (non-hydrogen) atoms. The monoisotopic (exact) mass is 253 g/mol. The molecule has 6 nitrogen and oxygen atoms in total. The predicted molar refractivity (Wildman–Crippen MR) is 69.8 cm³/mol. The van der Waals surface area contributed by atoms with Crippen LogP contribution >= 0.6 is 0 Å². The Morgan fingerprint density at radius 3 is 3.00 bits per heavy atom. The van der Waals surface area contributed by atoms with E-state index in [4.69, 9.17) is 15.6 Å². The highest BCUT2D eigenvalue weighted by Gasteiger charge is 2.09. The van der Waals surface area contributed by atoms with Crippen LogP contribution in [0.5, 0.6) is 0 Å². The summed E-state index contributed by atoms with van der Waals surface area (Å²) in [6.45, 7) is 4.19. The summed E-state index contributed by atoms with van der Waals surface area (Å²) in [5, 5.41) is 11.9. The van der Waals surface area contributed by atoms with Crippen molar-refractivity contribution in [1.29, 1.82) is 0 Å². The number of hydrogen-bond acceptors (Lipinski definition) is 5. The molecule has 4 N–H and O–H groups in total. The van der Waals surface area contributed by atoms with Gasteiger partial charge in [0.1, 0.15) is 5.82 Å². The Bertz CT molecular complexity index is 396. The molecule has 0 bridgehead atoms. The highest BCUT2D eigenvalue weighted by Crippen LogP contribution is 2.14. The zero-order chi connectivity index (χ0) is 13.4. The SMILES string of the molecule is CCCOCCCNc1cc(C(=O)O)c(N)cn1. The number of aromatic nitrogens is 1. The van der Waals surface area contributed by atoms with Crippen molar-refractivity contribution < 1.29 is 14.6 Å². The number of rotatable bonds is 8. The molecule has 0 spiro atoms. The van der Waals surface area contributed by atoms with E-state index in [1.807, 2.05) is 0 Å². The topological polar surface area (TPSA) is 97.5 Å². The van der Waals surface area contributed by atoms with E-state index in [9.17, 15) is 4.79 Å². The van der Waals surface area contributed by atoms with E-state index in [1.165, 1.54) is 12.3 Å². The molecule has 1 aromatic rings. The maximum absolute atomic E-state index is 10.9. The number of ether oxygens (including phenoxy) is 1. The maximum atomic E-state index is 10.9. The molecule has 6 heteroatoms. The van der Waals surface area contributed by atoms with Gasteiger partial charge in [0.05, 0.1) is 17.4 Å². The third kappa shape index (κ3) is 4.58. The highest BCUT2D eigenvalue weighted by molar-refractivity contribution is 5.94. The van der Waals surface area contributed by atoms with Crippen molar-refractivity contribution >= 4 is 17.5 Å². The van der Waals surface area contributed by atoms with Crippen molar-refractivity contribution in [2.24, 2.45) is 0 Å². The van der Waals surface area contributed by atoms with E-state index in [2.05, 4.69) is 17.2 Å². The fraction of sp³-hybridized carbons (Fsp3) is 0.500. The number of carboxylic acid groups (broad SMARTS) is 1. The molecule has 0 unspecified atom stereocenters. The number of nitrogens with two attached hydrogens (primary N) is 1. The normalized spacial score (nSPS) is 10.3. The minimum Gasteiger partial charge on any atom is -0.478 e. The molecule has 100 valence electrons. The van der Waals surface area contributed by atoms with Crippen LogP contribution in [0.4, 0.5) is 11.5 Å². The number of aromatic carboxylic acids is 1. The van der Waals surface area contributed by atoms with E-state index in [-0.39, 0.29) is 11.3 Å². The van der Waals surface area contributed by atoms with Crippen LogP contribution in [0.25, 0.3) is 0 Å². The molecule has 0 aromatic carbocycles. The first-order chi connectivity index (χ1) is 8.65. The number of carbonyl (C=O) groups is 1. The lowest BCUT2D eigenvalue weighted by Crippen LogP contribution is -2.09. The third-order valence-corrected chi connectivity index (χ3v) is 2.29. The van der Waals surface area contributed by atoms with Gasteiger partial charge >= 0.3 is 5.97 Å². The average molecular weight is 253 g/mol. The molecular formula is C12H19N3O3. The summed E-state index contributed by atoms with van der Waals surface area (Å²) in [6.07, 6.45) is 3.20. The summed E-state index contributed by atoms with van der Waals surface area (Å²) < 4.78 is 5.33. The van der Waals surface area contributed by atoms with Crippen LogP contribution in [-0.2, 0) is 4.74 Å². The second-order valence-corrected chi connectivity index (χ2v) is 3.85. The third-order valence-electron chi connectivity index (χ3n) is 2.29. The van der Waals surface area contributed by atoms with Gasteiger partial charge in [0.25, 0.3) is 0 Å². The van der Waals surface area contributed by atoms with Crippen molar-refractivity contribution in [2.75, 3.05) is 30.8 Å². The first-order valence-electron chi connectivity index (χ1n) is 5.95. The predicted octanol–water partition coefficient (Wildman–Crippen LogP) is 1.59. The Balaban J connectivity index is 2.38. The molecule has 0 aliphatic rings. The van der Waals surface area contributed by atoms with Crippen molar-refractivity contribution in [3.8, 4) is 0 Å². The molecule has 0 saturated heterocycles. The Morgan fingerprint density at radius 1 is 1.56 bits per heavy atom. The smallest absolute Gasteiger partial charge is 0.337 e. The Hall–Kier alpha value is -1.82. The maximum Gasteiger partial charge on any atom is 0.337 e. The van der Waals surface area contributed by atoms with Crippen LogP contribution in [-0.4, -0.2) is 35.8 Å². The van der Waals surface area contributed by atoms with Gasteiger partial charge in [0, 0.05) is 19.8 Å². The van der Waals surface area contributed by atoms with E-state index in [1.54, 1.807) is 0 Å². The largest absolute Gasteiger partial charge is 0.478 e. The molecule has 0 saturated carbocycles. The number of pyridine rings is 1. The lowest BCUT2D eigenvalue weighted by Gasteiger charge is -2.07. The van der Waals surface area contributed by atoms with Crippen LogP contribution in [0.1, 0.15) is 30.1 Å². The highest BCUT2D eigenvalue weighted by atomic mass is 16.5. The molecule has 1 rings (SSSR count). The van der Waals surface area contributed by atoms with E-state index in [0.717, 1.165) is 19.4 Å². The lowest BCUT2D eigenvalue weighted by molar-refractivity contribution is 0.0698. The minimum atomic E-state index is -1.05. The molecule has 0 radical (unpaired) electrons. The van der Waals surface area contributed by atoms with Gasteiger partial charge in [-0.05, 0) is 18.9 Å². The first-order valence-corrected chi connectivity index (χ1v) is 5.95.